The Labute approximate surface area is 161 Å². The lowest BCUT2D eigenvalue weighted by atomic mass is 10.3. The number of para-hydroxylation sites is 1. The quantitative estimate of drug-likeness (QED) is 0.573. The third-order valence-corrected chi connectivity index (χ3v) is 6.00. The van der Waals surface area contributed by atoms with Gasteiger partial charge in [-0.3, -0.25) is 4.99 Å². The van der Waals surface area contributed by atoms with Crippen molar-refractivity contribution in [1.82, 2.24) is 15.6 Å². The molecule has 2 aromatic rings. The van der Waals surface area contributed by atoms with Crippen LogP contribution in [0.25, 0.3) is 0 Å². The molecule has 2 heterocycles. The average Bonchev–Trinajstić information content (AvgIpc) is 3.28. The number of aromatic nitrogens is 1. The van der Waals surface area contributed by atoms with E-state index in [4.69, 9.17) is 0 Å². The molecule has 134 valence electrons. The summed E-state index contributed by atoms with van der Waals surface area (Å²) in [7, 11) is 1.81. The lowest BCUT2D eigenvalue weighted by molar-refractivity contribution is 0.647. The van der Waals surface area contributed by atoms with Gasteiger partial charge < -0.3 is 15.5 Å². The van der Waals surface area contributed by atoms with Gasteiger partial charge in [-0.15, -0.1) is 11.3 Å². The highest BCUT2D eigenvalue weighted by atomic mass is 79.9. The highest BCUT2D eigenvalue weighted by molar-refractivity contribution is 9.10. The monoisotopic (exact) mass is 421 g/mol. The maximum absolute atomic E-state index is 4.59. The lowest BCUT2D eigenvalue weighted by Gasteiger charge is -2.21. The third kappa shape index (κ3) is 4.73. The summed E-state index contributed by atoms with van der Waals surface area (Å²) in [4.78, 5) is 11.3. The van der Waals surface area contributed by atoms with Crippen molar-refractivity contribution in [3.05, 3.63) is 44.8 Å². The maximum atomic E-state index is 4.59. The van der Waals surface area contributed by atoms with Gasteiger partial charge in [0.1, 0.15) is 0 Å². The molecule has 0 radical (unpaired) electrons. The SMILES string of the molecule is CCc1nc(CNC(=NC)NC2CCN(c3ccccc3Br)C2)cs1. The Hall–Kier alpha value is -1.60. The third-order valence-electron chi connectivity index (χ3n) is 4.28. The molecule has 2 N–H and O–H groups in total. The predicted octanol–water partition coefficient (Wildman–Crippen LogP) is 3.41. The number of thiazole rings is 1. The molecule has 0 amide bonds. The van der Waals surface area contributed by atoms with E-state index >= 15 is 0 Å². The summed E-state index contributed by atoms with van der Waals surface area (Å²) < 4.78 is 1.15. The van der Waals surface area contributed by atoms with Crippen molar-refractivity contribution in [1.29, 1.82) is 0 Å². The number of nitrogens with zero attached hydrogens (tertiary/aromatic N) is 3. The fourth-order valence-corrected chi connectivity index (χ4v) is 4.24. The molecule has 0 bridgehead atoms. The van der Waals surface area contributed by atoms with Crippen LogP contribution < -0.4 is 15.5 Å². The van der Waals surface area contributed by atoms with E-state index < -0.39 is 0 Å². The Morgan fingerprint density at radius 1 is 1.44 bits per heavy atom. The fourth-order valence-electron chi connectivity index (χ4n) is 2.96. The molecule has 1 atom stereocenters. The smallest absolute Gasteiger partial charge is 0.191 e. The Morgan fingerprint density at radius 2 is 2.28 bits per heavy atom. The Balaban J connectivity index is 1.52. The molecule has 1 unspecified atom stereocenters. The second kappa shape index (κ2) is 8.67. The number of hydrogen-bond acceptors (Lipinski definition) is 4. The van der Waals surface area contributed by atoms with Crippen LogP contribution in [-0.4, -0.2) is 37.1 Å². The summed E-state index contributed by atoms with van der Waals surface area (Å²) >= 11 is 5.36. The van der Waals surface area contributed by atoms with E-state index in [0.717, 1.165) is 42.1 Å². The van der Waals surface area contributed by atoms with Crippen LogP contribution in [0.1, 0.15) is 24.0 Å². The van der Waals surface area contributed by atoms with Crippen molar-refractivity contribution in [2.75, 3.05) is 25.0 Å². The van der Waals surface area contributed by atoms with Crippen LogP contribution in [0.15, 0.2) is 39.1 Å². The summed E-state index contributed by atoms with van der Waals surface area (Å²) in [5, 5.41) is 10.2. The lowest BCUT2D eigenvalue weighted by Crippen LogP contribution is -2.44. The number of nitrogens with one attached hydrogen (secondary N) is 2. The second-order valence-electron chi connectivity index (χ2n) is 6.04. The van der Waals surface area contributed by atoms with Crippen LogP contribution in [0.4, 0.5) is 5.69 Å². The summed E-state index contributed by atoms with van der Waals surface area (Å²) in [5.74, 6) is 0.838. The van der Waals surface area contributed by atoms with Crippen LogP contribution in [0.3, 0.4) is 0 Å². The van der Waals surface area contributed by atoms with Gasteiger partial charge in [0.05, 0.1) is 22.9 Å². The zero-order valence-electron chi connectivity index (χ0n) is 14.6. The number of aliphatic imine (C=N–C) groups is 1. The largest absolute Gasteiger partial charge is 0.368 e. The molecular weight excluding hydrogens is 398 g/mol. The van der Waals surface area contributed by atoms with Crippen LogP contribution in [-0.2, 0) is 13.0 Å². The first kappa shape index (κ1) is 18.2. The molecule has 0 spiro atoms. The molecule has 1 saturated heterocycles. The molecule has 1 aliphatic rings. The molecule has 5 nitrogen and oxygen atoms in total. The highest BCUT2D eigenvalue weighted by Crippen LogP contribution is 2.28. The summed E-state index contributed by atoms with van der Waals surface area (Å²) in [6.45, 7) is 4.85. The number of anilines is 1. The minimum Gasteiger partial charge on any atom is -0.368 e. The number of halogens is 1. The Bertz CT molecular complexity index is 730. The molecule has 1 aromatic carbocycles. The fraction of sp³-hybridized carbons (Fsp3) is 0.444. The van der Waals surface area contributed by atoms with E-state index in [9.17, 15) is 0 Å². The van der Waals surface area contributed by atoms with E-state index in [2.05, 4.69) is 71.9 Å². The summed E-state index contributed by atoms with van der Waals surface area (Å²) in [6, 6.07) is 8.77. The summed E-state index contributed by atoms with van der Waals surface area (Å²) in [5.41, 5.74) is 2.33. The van der Waals surface area contributed by atoms with Gasteiger partial charge in [-0.25, -0.2) is 4.98 Å². The van der Waals surface area contributed by atoms with Gasteiger partial charge in [-0.2, -0.15) is 0 Å². The number of benzene rings is 1. The molecule has 1 aromatic heterocycles. The Morgan fingerprint density at radius 3 is 3.00 bits per heavy atom. The Kier molecular flexibility index (Phi) is 6.31. The molecule has 3 rings (SSSR count). The normalized spacial score (nSPS) is 17.8. The van der Waals surface area contributed by atoms with E-state index in [1.165, 1.54) is 10.7 Å². The standard InChI is InChI=1S/C18H24BrN5S/c1-3-17-22-14(12-25-17)10-21-18(20-2)23-13-8-9-24(11-13)16-7-5-4-6-15(16)19/h4-7,12-13H,3,8-11H2,1-2H3,(H2,20,21,23). The van der Waals surface area contributed by atoms with Crippen LogP contribution in [0, 0.1) is 0 Å². The predicted molar refractivity (Wildman–Crippen MR) is 110 cm³/mol. The minimum atomic E-state index is 0.389. The van der Waals surface area contributed by atoms with E-state index in [1.807, 2.05) is 13.1 Å². The number of rotatable bonds is 5. The van der Waals surface area contributed by atoms with E-state index in [1.54, 1.807) is 11.3 Å². The molecule has 0 aliphatic carbocycles. The van der Waals surface area contributed by atoms with Crippen LogP contribution in [0.5, 0.6) is 0 Å². The zero-order valence-corrected chi connectivity index (χ0v) is 17.0. The van der Waals surface area contributed by atoms with Crippen molar-refractivity contribution in [3.8, 4) is 0 Å². The van der Waals surface area contributed by atoms with Crippen molar-refractivity contribution < 1.29 is 0 Å². The van der Waals surface area contributed by atoms with Gasteiger partial charge in [0, 0.05) is 36.0 Å². The van der Waals surface area contributed by atoms with Crippen molar-refractivity contribution in [2.24, 2.45) is 4.99 Å². The molecule has 1 aliphatic heterocycles. The molecule has 7 heteroatoms. The van der Waals surface area contributed by atoms with E-state index in [-0.39, 0.29) is 0 Å². The van der Waals surface area contributed by atoms with Gasteiger partial charge in [-0.05, 0) is 40.9 Å². The minimum absolute atomic E-state index is 0.389. The topological polar surface area (TPSA) is 52.6 Å². The second-order valence-corrected chi connectivity index (χ2v) is 7.84. The maximum Gasteiger partial charge on any atom is 0.191 e. The number of guanidine groups is 1. The summed E-state index contributed by atoms with van der Waals surface area (Å²) in [6.07, 6.45) is 2.09. The average molecular weight is 422 g/mol. The van der Waals surface area contributed by atoms with Gasteiger partial charge in [-0.1, -0.05) is 19.1 Å². The zero-order chi connectivity index (χ0) is 17.6. The van der Waals surface area contributed by atoms with Crippen LogP contribution in [0.2, 0.25) is 0 Å². The molecule has 25 heavy (non-hydrogen) atoms. The number of hydrogen-bond donors (Lipinski definition) is 2. The van der Waals surface area contributed by atoms with Crippen molar-refractivity contribution >= 4 is 38.9 Å². The molecule has 1 fully saturated rings. The van der Waals surface area contributed by atoms with Crippen molar-refractivity contribution in [3.63, 3.8) is 0 Å². The highest BCUT2D eigenvalue weighted by Gasteiger charge is 2.24. The van der Waals surface area contributed by atoms with Gasteiger partial charge in [0.15, 0.2) is 5.96 Å². The first-order valence-corrected chi connectivity index (χ1v) is 10.3. The van der Waals surface area contributed by atoms with Gasteiger partial charge in [0.2, 0.25) is 0 Å². The van der Waals surface area contributed by atoms with E-state index in [0.29, 0.717) is 12.6 Å². The van der Waals surface area contributed by atoms with Crippen LogP contribution >= 0.6 is 27.3 Å². The first-order valence-electron chi connectivity index (χ1n) is 8.59. The van der Waals surface area contributed by atoms with Gasteiger partial charge in [0.25, 0.3) is 0 Å². The van der Waals surface area contributed by atoms with Crippen molar-refractivity contribution in [2.45, 2.75) is 32.4 Å². The number of aryl methyl sites for hydroxylation is 1. The van der Waals surface area contributed by atoms with Gasteiger partial charge >= 0.3 is 0 Å². The molecule has 0 saturated carbocycles. The molecular formula is C18H24BrN5S. The first-order chi connectivity index (χ1) is 12.2.